The summed E-state index contributed by atoms with van der Waals surface area (Å²) in [6.45, 7) is 4.19. The average molecular weight is 283 g/mol. The highest BCUT2D eigenvalue weighted by atomic mass is 32.2. The molecular formula is C13H21N3O2S. The fourth-order valence-corrected chi connectivity index (χ4v) is 3.36. The molecule has 1 aromatic rings. The van der Waals surface area contributed by atoms with E-state index in [1.807, 2.05) is 19.2 Å². The van der Waals surface area contributed by atoms with Crippen molar-refractivity contribution in [3.63, 3.8) is 0 Å². The van der Waals surface area contributed by atoms with Crippen molar-refractivity contribution in [2.24, 2.45) is 0 Å². The van der Waals surface area contributed by atoms with Crippen LogP contribution in [-0.4, -0.2) is 41.1 Å². The Labute approximate surface area is 115 Å². The lowest BCUT2D eigenvalue weighted by Gasteiger charge is -2.26. The van der Waals surface area contributed by atoms with Gasteiger partial charge >= 0.3 is 0 Å². The van der Waals surface area contributed by atoms with Crippen LogP contribution in [0.3, 0.4) is 0 Å². The van der Waals surface area contributed by atoms with Crippen molar-refractivity contribution in [3.05, 3.63) is 24.3 Å². The Morgan fingerprint density at radius 1 is 1.37 bits per heavy atom. The normalized spacial score (nSPS) is 19.6. The molecule has 1 heterocycles. The molecule has 6 heteroatoms. The van der Waals surface area contributed by atoms with E-state index in [1.165, 1.54) is 0 Å². The summed E-state index contributed by atoms with van der Waals surface area (Å²) < 4.78 is 26.2. The van der Waals surface area contributed by atoms with Gasteiger partial charge in [0, 0.05) is 31.9 Å². The third kappa shape index (κ3) is 3.26. The highest BCUT2D eigenvalue weighted by molar-refractivity contribution is 7.89. The Balaban J connectivity index is 2.14. The minimum Gasteiger partial charge on any atom is -0.370 e. The molecule has 1 unspecified atom stereocenters. The molecule has 1 aromatic carbocycles. The van der Waals surface area contributed by atoms with Gasteiger partial charge in [-0.1, -0.05) is 6.92 Å². The number of hydrogen-bond acceptors (Lipinski definition) is 4. The van der Waals surface area contributed by atoms with Crippen molar-refractivity contribution in [3.8, 4) is 0 Å². The molecule has 19 heavy (non-hydrogen) atoms. The van der Waals surface area contributed by atoms with E-state index in [-0.39, 0.29) is 0 Å². The maximum atomic E-state index is 11.8. The largest absolute Gasteiger partial charge is 0.370 e. The lowest BCUT2D eigenvalue weighted by Crippen LogP contribution is -2.33. The molecule has 0 spiro atoms. The Hall–Kier alpha value is -1.11. The van der Waals surface area contributed by atoms with Crippen LogP contribution in [0.4, 0.5) is 5.69 Å². The number of nitrogens with zero attached hydrogens (tertiary/aromatic N) is 1. The van der Waals surface area contributed by atoms with Gasteiger partial charge in [-0.3, -0.25) is 0 Å². The van der Waals surface area contributed by atoms with Crippen LogP contribution >= 0.6 is 0 Å². The third-order valence-electron chi connectivity index (χ3n) is 3.47. The summed E-state index contributed by atoms with van der Waals surface area (Å²) in [5.41, 5.74) is 1.05. The van der Waals surface area contributed by atoms with Gasteiger partial charge in [0.05, 0.1) is 4.90 Å². The number of benzene rings is 1. The van der Waals surface area contributed by atoms with Gasteiger partial charge in [-0.25, -0.2) is 13.1 Å². The van der Waals surface area contributed by atoms with Crippen molar-refractivity contribution in [1.82, 2.24) is 10.0 Å². The van der Waals surface area contributed by atoms with Crippen LogP contribution in [0.1, 0.15) is 13.3 Å². The van der Waals surface area contributed by atoms with Crippen molar-refractivity contribution < 1.29 is 8.42 Å². The second-order valence-corrected chi connectivity index (χ2v) is 6.52. The first kappa shape index (κ1) is 14.3. The monoisotopic (exact) mass is 283 g/mol. The maximum Gasteiger partial charge on any atom is 0.240 e. The van der Waals surface area contributed by atoms with E-state index in [1.54, 1.807) is 19.1 Å². The van der Waals surface area contributed by atoms with Gasteiger partial charge in [0.2, 0.25) is 10.0 Å². The van der Waals surface area contributed by atoms with E-state index in [9.17, 15) is 8.42 Å². The van der Waals surface area contributed by atoms with E-state index in [2.05, 4.69) is 14.9 Å². The van der Waals surface area contributed by atoms with E-state index in [0.29, 0.717) is 17.5 Å². The summed E-state index contributed by atoms with van der Waals surface area (Å²) in [5, 5.41) is 3.33. The average Bonchev–Trinajstić information content (AvgIpc) is 2.92. The van der Waals surface area contributed by atoms with Crippen LogP contribution in [0.5, 0.6) is 0 Å². The number of hydrogen-bond donors (Lipinski definition) is 2. The van der Waals surface area contributed by atoms with Crippen LogP contribution < -0.4 is 14.9 Å². The molecule has 0 saturated carbocycles. The first-order valence-electron chi connectivity index (χ1n) is 6.58. The van der Waals surface area contributed by atoms with Gasteiger partial charge in [0.25, 0.3) is 0 Å². The Morgan fingerprint density at radius 2 is 2.05 bits per heavy atom. The molecule has 2 N–H and O–H groups in total. The maximum absolute atomic E-state index is 11.8. The van der Waals surface area contributed by atoms with E-state index in [4.69, 9.17) is 0 Å². The summed E-state index contributed by atoms with van der Waals surface area (Å²) in [4.78, 5) is 2.51. The number of rotatable bonds is 5. The van der Waals surface area contributed by atoms with Crippen molar-refractivity contribution in [1.29, 1.82) is 0 Å². The quantitative estimate of drug-likeness (QED) is 0.838. The number of anilines is 1. The summed E-state index contributed by atoms with van der Waals surface area (Å²) in [7, 11) is -1.31. The molecule has 106 valence electrons. The van der Waals surface area contributed by atoms with Crippen LogP contribution in [0.25, 0.3) is 0 Å². The molecule has 1 aliphatic rings. The molecule has 0 radical (unpaired) electrons. The molecule has 1 fully saturated rings. The van der Waals surface area contributed by atoms with Gasteiger partial charge < -0.3 is 10.2 Å². The molecule has 1 saturated heterocycles. The Morgan fingerprint density at radius 3 is 2.58 bits per heavy atom. The first-order chi connectivity index (χ1) is 9.04. The highest BCUT2D eigenvalue weighted by Gasteiger charge is 2.20. The fourth-order valence-electron chi connectivity index (χ4n) is 2.31. The number of sulfonamides is 1. The molecule has 5 nitrogen and oxygen atoms in total. The minimum atomic E-state index is -3.35. The van der Waals surface area contributed by atoms with Crippen molar-refractivity contribution in [2.75, 3.05) is 31.6 Å². The zero-order valence-corrected chi connectivity index (χ0v) is 12.2. The van der Waals surface area contributed by atoms with Gasteiger partial charge in [-0.15, -0.1) is 0 Å². The lowest BCUT2D eigenvalue weighted by molar-refractivity contribution is 0.584. The molecule has 2 rings (SSSR count). The molecule has 0 amide bonds. The zero-order chi connectivity index (χ0) is 13.9. The minimum absolute atomic E-state index is 0.316. The second kappa shape index (κ2) is 5.90. The zero-order valence-electron chi connectivity index (χ0n) is 11.4. The molecule has 0 aliphatic carbocycles. The van der Waals surface area contributed by atoms with Gasteiger partial charge in [0.15, 0.2) is 0 Å². The Bertz CT molecular complexity index is 507. The molecule has 1 aliphatic heterocycles. The van der Waals surface area contributed by atoms with Crippen molar-refractivity contribution in [2.45, 2.75) is 24.3 Å². The van der Waals surface area contributed by atoms with Crippen molar-refractivity contribution >= 4 is 15.7 Å². The van der Waals surface area contributed by atoms with E-state index >= 15 is 0 Å². The Kier molecular flexibility index (Phi) is 4.44. The lowest BCUT2D eigenvalue weighted by atomic mass is 10.2. The first-order valence-corrected chi connectivity index (χ1v) is 8.06. The highest BCUT2D eigenvalue weighted by Crippen LogP contribution is 2.20. The molecule has 0 bridgehead atoms. The topological polar surface area (TPSA) is 61.4 Å². The fraction of sp³-hybridized carbons (Fsp3) is 0.538. The molecule has 1 atom stereocenters. The molecular weight excluding hydrogens is 262 g/mol. The predicted molar refractivity (Wildman–Crippen MR) is 77.0 cm³/mol. The summed E-state index contributed by atoms with van der Waals surface area (Å²) in [6, 6.07) is 7.53. The van der Waals surface area contributed by atoms with Crippen LogP contribution in [-0.2, 0) is 10.0 Å². The van der Waals surface area contributed by atoms with Crippen LogP contribution in [0.2, 0.25) is 0 Å². The number of likely N-dealkylation sites (N-methyl/N-ethyl adjacent to an activating group) is 1. The summed E-state index contributed by atoms with van der Waals surface area (Å²) in [5.74, 6) is 0. The summed E-state index contributed by atoms with van der Waals surface area (Å²) >= 11 is 0. The van der Waals surface area contributed by atoms with Crippen LogP contribution in [0.15, 0.2) is 29.2 Å². The third-order valence-corrected chi connectivity index (χ3v) is 5.03. The molecule has 0 aromatic heterocycles. The van der Waals surface area contributed by atoms with Gasteiger partial charge in [-0.05, 0) is 37.2 Å². The summed E-state index contributed by atoms with van der Waals surface area (Å²) in [6.07, 6.45) is 1.12. The van der Waals surface area contributed by atoms with Crippen LogP contribution in [0, 0.1) is 0 Å². The standard InChI is InChI=1S/C13H21N3O2S/c1-3-15-19(17,18)13-6-4-11(5-7-13)16(2)12-8-9-14-10-12/h4-7,12,14-15H,3,8-10H2,1-2H3. The van der Waals surface area contributed by atoms with E-state index in [0.717, 1.165) is 25.2 Å². The second-order valence-electron chi connectivity index (χ2n) is 4.75. The number of nitrogens with one attached hydrogen (secondary N) is 2. The predicted octanol–water partition coefficient (Wildman–Crippen LogP) is 0.783. The smallest absolute Gasteiger partial charge is 0.240 e. The van der Waals surface area contributed by atoms with Gasteiger partial charge in [0.1, 0.15) is 0 Å². The SMILES string of the molecule is CCNS(=O)(=O)c1ccc(N(C)C2CCNC2)cc1. The van der Waals surface area contributed by atoms with E-state index < -0.39 is 10.0 Å². The van der Waals surface area contributed by atoms with Gasteiger partial charge in [-0.2, -0.15) is 0 Å².